The van der Waals surface area contributed by atoms with E-state index < -0.39 is 17.9 Å². The molecule has 2 atom stereocenters. The molecule has 174 valence electrons. The Balaban J connectivity index is 1.93. The minimum absolute atomic E-state index is 0.190. The fourth-order valence-corrected chi connectivity index (χ4v) is 4.38. The van der Waals surface area contributed by atoms with Gasteiger partial charge in [0, 0.05) is 20.3 Å². The van der Waals surface area contributed by atoms with E-state index in [1.807, 2.05) is 60.0 Å². The van der Waals surface area contributed by atoms with Crippen LogP contribution in [-0.4, -0.2) is 54.9 Å². The quantitative estimate of drug-likeness (QED) is 0.281. The molecule has 0 saturated carbocycles. The molecular weight excluding hydrogens is 422 g/mol. The SMILES string of the molecule is CCOC(=O)C1C(=O)N(CCCOC)c2nc3ccccc3n2C1c1cccc(OCC)c1. The average Bonchev–Trinajstić information content (AvgIpc) is 3.19. The summed E-state index contributed by atoms with van der Waals surface area (Å²) in [4.78, 5) is 33.3. The summed E-state index contributed by atoms with van der Waals surface area (Å²) < 4.78 is 18.2. The molecule has 2 unspecified atom stereocenters. The van der Waals surface area contributed by atoms with E-state index in [-0.39, 0.29) is 12.5 Å². The summed E-state index contributed by atoms with van der Waals surface area (Å²) in [5.41, 5.74) is 2.39. The number of carbonyl (C=O) groups is 2. The van der Waals surface area contributed by atoms with Crippen LogP contribution in [0.2, 0.25) is 0 Å². The van der Waals surface area contributed by atoms with E-state index in [1.54, 1.807) is 18.9 Å². The molecule has 33 heavy (non-hydrogen) atoms. The van der Waals surface area contributed by atoms with Gasteiger partial charge in [0.25, 0.3) is 0 Å². The van der Waals surface area contributed by atoms with Gasteiger partial charge in [-0.25, -0.2) is 4.98 Å². The minimum atomic E-state index is -1.05. The Morgan fingerprint density at radius 1 is 1.09 bits per heavy atom. The van der Waals surface area contributed by atoms with Crippen molar-refractivity contribution in [1.29, 1.82) is 0 Å². The topological polar surface area (TPSA) is 82.9 Å². The molecule has 0 N–H and O–H groups in total. The molecule has 0 bridgehead atoms. The maximum absolute atomic E-state index is 13.8. The third-order valence-electron chi connectivity index (χ3n) is 5.73. The van der Waals surface area contributed by atoms with Crippen molar-refractivity contribution in [1.82, 2.24) is 9.55 Å². The number of carbonyl (C=O) groups excluding carboxylic acids is 2. The number of ether oxygens (including phenoxy) is 3. The van der Waals surface area contributed by atoms with Gasteiger partial charge in [0.2, 0.25) is 11.9 Å². The van der Waals surface area contributed by atoms with E-state index in [9.17, 15) is 9.59 Å². The number of rotatable bonds is 9. The number of anilines is 1. The van der Waals surface area contributed by atoms with E-state index in [0.29, 0.717) is 37.9 Å². The molecule has 2 aromatic carbocycles. The molecule has 8 heteroatoms. The molecule has 8 nitrogen and oxygen atoms in total. The second kappa shape index (κ2) is 10.0. The maximum atomic E-state index is 13.8. The van der Waals surface area contributed by atoms with Gasteiger partial charge in [-0.1, -0.05) is 24.3 Å². The number of hydrogen-bond acceptors (Lipinski definition) is 6. The molecular formula is C25H29N3O5. The highest BCUT2D eigenvalue weighted by Gasteiger charge is 2.47. The van der Waals surface area contributed by atoms with Gasteiger partial charge in [-0.3, -0.25) is 14.5 Å². The Hall–Kier alpha value is -3.39. The molecule has 0 saturated heterocycles. The smallest absolute Gasteiger partial charge is 0.321 e. The fourth-order valence-electron chi connectivity index (χ4n) is 4.38. The standard InChI is InChI=1S/C25H29N3O5/c1-4-32-18-11-8-10-17(16-18)22-21(24(30)33-5-2)23(29)27(14-9-15-31-3)25-26-19-12-6-7-13-20(19)28(22)25/h6-8,10-13,16,21-22H,4-5,9,14-15H2,1-3H3. The average molecular weight is 452 g/mol. The molecule has 0 spiro atoms. The van der Waals surface area contributed by atoms with Crippen LogP contribution >= 0.6 is 0 Å². The van der Waals surface area contributed by atoms with Crippen LogP contribution in [-0.2, 0) is 19.1 Å². The zero-order chi connectivity index (χ0) is 23.4. The summed E-state index contributed by atoms with van der Waals surface area (Å²) in [6, 6.07) is 14.6. The Labute approximate surface area is 193 Å². The van der Waals surface area contributed by atoms with Crippen molar-refractivity contribution < 1.29 is 23.8 Å². The first-order valence-electron chi connectivity index (χ1n) is 11.3. The van der Waals surface area contributed by atoms with Crippen LogP contribution in [0.15, 0.2) is 48.5 Å². The number of methoxy groups -OCH3 is 1. The number of benzene rings is 2. The van der Waals surface area contributed by atoms with Crippen molar-refractivity contribution in [3.05, 3.63) is 54.1 Å². The summed E-state index contributed by atoms with van der Waals surface area (Å²) in [5.74, 6) is -0.716. The molecule has 1 amide bonds. The highest BCUT2D eigenvalue weighted by atomic mass is 16.5. The van der Waals surface area contributed by atoms with E-state index in [0.717, 1.165) is 16.6 Å². The third kappa shape index (κ3) is 4.30. The highest BCUT2D eigenvalue weighted by molar-refractivity contribution is 6.08. The fraction of sp³-hybridized carbons (Fsp3) is 0.400. The summed E-state index contributed by atoms with van der Waals surface area (Å²) >= 11 is 0. The first kappa shape index (κ1) is 22.8. The summed E-state index contributed by atoms with van der Waals surface area (Å²) in [6.07, 6.45) is 0.617. The zero-order valence-corrected chi connectivity index (χ0v) is 19.2. The lowest BCUT2D eigenvalue weighted by Gasteiger charge is -2.38. The number of esters is 1. The van der Waals surface area contributed by atoms with Crippen LogP contribution in [0.3, 0.4) is 0 Å². The first-order chi connectivity index (χ1) is 16.1. The van der Waals surface area contributed by atoms with Crippen LogP contribution in [0.4, 0.5) is 5.95 Å². The largest absolute Gasteiger partial charge is 0.494 e. The van der Waals surface area contributed by atoms with E-state index >= 15 is 0 Å². The third-order valence-corrected chi connectivity index (χ3v) is 5.73. The van der Waals surface area contributed by atoms with Crippen LogP contribution in [0.25, 0.3) is 11.0 Å². The Morgan fingerprint density at radius 2 is 1.91 bits per heavy atom. The molecule has 1 aliphatic rings. The van der Waals surface area contributed by atoms with Gasteiger partial charge in [0.05, 0.1) is 30.3 Å². The number of nitrogens with zero attached hydrogens (tertiary/aromatic N) is 3. The maximum Gasteiger partial charge on any atom is 0.321 e. The number of hydrogen-bond donors (Lipinski definition) is 0. The lowest BCUT2D eigenvalue weighted by atomic mass is 9.89. The van der Waals surface area contributed by atoms with Crippen molar-refractivity contribution in [3.63, 3.8) is 0 Å². The molecule has 1 aliphatic heterocycles. The number of imidazole rings is 1. The molecule has 1 aromatic heterocycles. The van der Waals surface area contributed by atoms with Gasteiger partial charge in [-0.05, 0) is 50.1 Å². The minimum Gasteiger partial charge on any atom is -0.494 e. The highest BCUT2D eigenvalue weighted by Crippen LogP contribution is 2.42. The van der Waals surface area contributed by atoms with Gasteiger partial charge >= 0.3 is 5.97 Å². The van der Waals surface area contributed by atoms with Crippen molar-refractivity contribution in [2.45, 2.75) is 26.3 Å². The lowest BCUT2D eigenvalue weighted by molar-refractivity contribution is -0.153. The second-order valence-corrected chi connectivity index (χ2v) is 7.79. The van der Waals surface area contributed by atoms with Gasteiger partial charge in [0.1, 0.15) is 5.75 Å². The Bertz CT molecular complexity index is 1140. The van der Waals surface area contributed by atoms with E-state index in [1.165, 1.54) is 0 Å². The van der Waals surface area contributed by atoms with Crippen molar-refractivity contribution in [2.24, 2.45) is 5.92 Å². The molecule has 0 radical (unpaired) electrons. The predicted octanol–water partition coefficient (Wildman–Crippen LogP) is 3.59. The van der Waals surface area contributed by atoms with Crippen LogP contribution in [0, 0.1) is 5.92 Å². The van der Waals surface area contributed by atoms with Gasteiger partial charge in [0.15, 0.2) is 5.92 Å². The first-order valence-corrected chi connectivity index (χ1v) is 11.3. The van der Waals surface area contributed by atoms with Gasteiger partial charge in [-0.15, -0.1) is 0 Å². The molecule has 2 heterocycles. The molecule has 0 fully saturated rings. The zero-order valence-electron chi connectivity index (χ0n) is 19.2. The van der Waals surface area contributed by atoms with E-state index in [2.05, 4.69) is 0 Å². The van der Waals surface area contributed by atoms with Crippen LogP contribution in [0.1, 0.15) is 31.9 Å². The number of aromatic nitrogens is 2. The second-order valence-electron chi connectivity index (χ2n) is 7.79. The van der Waals surface area contributed by atoms with Crippen LogP contribution in [0.5, 0.6) is 5.75 Å². The molecule has 0 aliphatic carbocycles. The molecule has 4 rings (SSSR count). The van der Waals surface area contributed by atoms with Gasteiger partial charge in [-0.2, -0.15) is 0 Å². The van der Waals surface area contributed by atoms with Crippen molar-refractivity contribution in [2.75, 3.05) is 38.4 Å². The van der Waals surface area contributed by atoms with E-state index in [4.69, 9.17) is 19.2 Å². The predicted molar refractivity (Wildman–Crippen MR) is 124 cm³/mol. The Kier molecular flexibility index (Phi) is 6.93. The number of fused-ring (bicyclic) bond motifs is 3. The monoisotopic (exact) mass is 451 g/mol. The van der Waals surface area contributed by atoms with Crippen LogP contribution < -0.4 is 9.64 Å². The van der Waals surface area contributed by atoms with Crippen molar-refractivity contribution >= 4 is 28.9 Å². The summed E-state index contributed by atoms with van der Waals surface area (Å²) in [5, 5.41) is 0. The normalized spacial score (nSPS) is 17.8. The summed E-state index contributed by atoms with van der Waals surface area (Å²) in [7, 11) is 1.62. The number of para-hydroxylation sites is 2. The lowest BCUT2D eigenvalue weighted by Crippen LogP contribution is -2.50. The Morgan fingerprint density at radius 3 is 2.67 bits per heavy atom. The van der Waals surface area contributed by atoms with Crippen molar-refractivity contribution in [3.8, 4) is 5.75 Å². The van der Waals surface area contributed by atoms with Gasteiger partial charge < -0.3 is 18.8 Å². The summed E-state index contributed by atoms with van der Waals surface area (Å²) in [6.45, 7) is 5.24. The molecule has 3 aromatic rings. The number of amides is 1.